The van der Waals surface area contributed by atoms with Crippen LogP contribution >= 0.6 is 24.4 Å². The molecule has 0 saturated heterocycles. The van der Waals surface area contributed by atoms with E-state index in [1.165, 1.54) is 17.8 Å². The first-order valence-corrected chi connectivity index (χ1v) is 8.22. The molecular formula is C13H10F2N8O2S2. The van der Waals surface area contributed by atoms with Crippen LogP contribution in [0.5, 0.6) is 6.01 Å². The molecule has 0 saturated carbocycles. The maximum absolute atomic E-state index is 13.9. The molecule has 0 aliphatic heterocycles. The predicted octanol–water partition coefficient (Wildman–Crippen LogP) is 1.93. The van der Waals surface area contributed by atoms with Crippen LogP contribution in [0.15, 0.2) is 12.3 Å². The molecule has 0 fully saturated rings. The van der Waals surface area contributed by atoms with Gasteiger partial charge < -0.3 is 9.47 Å². The summed E-state index contributed by atoms with van der Waals surface area (Å²) in [6.07, 6.45) is 0.633. The van der Waals surface area contributed by atoms with E-state index in [1.54, 1.807) is 6.07 Å². The number of nitrogens with zero attached hydrogens (tertiary/aromatic N) is 6. The summed E-state index contributed by atoms with van der Waals surface area (Å²) in [6.45, 7) is 0.0164. The van der Waals surface area contributed by atoms with Crippen molar-refractivity contribution in [1.82, 2.24) is 39.2 Å². The van der Waals surface area contributed by atoms with Gasteiger partial charge in [0.25, 0.3) is 5.95 Å². The second-order valence-corrected chi connectivity index (χ2v) is 6.05. The molecule has 27 heavy (non-hydrogen) atoms. The monoisotopic (exact) mass is 412 g/mol. The summed E-state index contributed by atoms with van der Waals surface area (Å²) in [6, 6.07) is 1.33. The van der Waals surface area contributed by atoms with Crippen molar-refractivity contribution in [2.75, 3.05) is 13.7 Å². The SMILES string of the molecule is COCC(Oc1nc(F)c(F)c2nc(=S)[nH]n12)c1nccc2nc(=S)[nH]n12. The molecule has 0 aliphatic carbocycles. The van der Waals surface area contributed by atoms with Crippen molar-refractivity contribution in [2.24, 2.45) is 0 Å². The summed E-state index contributed by atoms with van der Waals surface area (Å²) in [5, 5.41) is 5.39. The number of nitrogens with one attached hydrogen (secondary N) is 2. The van der Waals surface area contributed by atoms with E-state index < -0.39 is 17.9 Å². The normalized spacial score (nSPS) is 12.7. The first-order chi connectivity index (χ1) is 13.0. The molecule has 0 radical (unpaired) electrons. The first-order valence-electron chi connectivity index (χ1n) is 7.41. The summed E-state index contributed by atoms with van der Waals surface area (Å²) in [4.78, 5) is 15.6. The standard InChI is InChI=1S/C13H10F2N8O2S2/c1-24-4-5(9-16-3-2-6-17-11(26)20-22(6)9)25-13-18-8(15)7(14)10-19-12(27)21-23(10)13/h2-3,5H,4H2,1H3,(H,20,26)(H,21,27). The van der Waals surface area contributed by atoms with Crippen molar-refractivity contribution >= 4 is 35.7 Å². The van der Waals surface area contributed by atoms with E-state index in [9.17, 15) is 8.78 Å². The fraction of sp³-hybridized carbons (Fsp3) is 0.231. The topological polar surface area (TPSA) is 110 Å². The molecular weight excluding hydrogens is 402 g/mol. The number of aromatic nitrogens is 8. The molecule has 1 unspecified atom stereocenters. The Kier molecular flexibility index (Phi) is 4.37. The van der Waals surface area contributed by atoms with Gasteiger partial charge in [0.1, 0.15) is 0 Å². The predicted molar refractivity (Wildman–Crippen MR) is 91.5 cm³/mol. The van der Waals surface area contributed by atoms with Gasteiger partial charge in [0.2, 0.25) is 15.4 Å². The minimum Gasteiger partial charge on any atom is -0.449 e. The second kappa shape index (κ2) is 6.71. The zero-order chi connectivity index (χ0) is 19.1. The quantitative estimate of drug-likeness (QED) is 0.378. The average molecular weight is 412 g/mol. The van der Waals surface area contributed by atoms with Gasteiger partial charge in [-0.15, -0.1) is 0 Å². The largest absolute Gasteiger partial charge is 0.449 e. The third kappa shape index (κ3) is 3.07. The molecule has 0 amide bonds. The number of aromatic amines is 2. The maximum atomic E-state index is 13.9. The molecule has 4 aromatic rings. The Morgan fingerprint density at radius 2 is 1.89 bits per heavy atom. The van der Waals surface area contributed by atoms with Gasteiger partial charge in [0, 0.05) is 19.4 Å². The van der Waals surface area contributed by atoms with Crippen LogP contribution in [0.1, 0.15) is 11.9 Å². The molecule has 0 aromatic carbocycles. The van der Waals surface area contributed by atoms with Crippen LogP contribution in [0, 0.1) is 21.3 Å². The second-order valence-electron chi connectivity index (χ2n) is 5.27. The lowest BCUT2D eigenvalue weighted by atomic mass is 10.3. The molecule has 140 valence electrons. The average Bonchev–Trinajstić information content (AvgIpc) is 3.20. The Bertz CT molecular complexity index is 1260. The van der Waals surface area contributed by atoms with E-state index in [-0.39, 0.29) is 27.8 Å². The number of ether oxygens (including phenoxy) is 2. The highest BCUT2D eigenvalue weighted by molar-refractivity contribution is 7.71. The molecule has 0 bridgehead atoms. The fourth-order valence-corrected chi connectivity index (χ4v) is 2.85. The van der Waals surface area contributed by atoms with Crippen molar-refractivity contribution in [1.29, 1.82) is 0 Å². The smallest absolute Gasteiger partial charge is 0.321 e. The van der Waals surface area contributed by atoms with Gasteiger partial charge in [-0.25, -0.2) is 9.50 Å². The third-order valence-corrected chi connectivity index (χ3v) is 3.92. The molecule has 14 heteroatoms. The highest BCUT2D eigenvalue weighted by Crippen LogP contribution is 2.22. The summed E-state index contributed by atoms with van der Waals surface area (Å²) < 4.78 is 41.4. The lowest BCUT2D eigenvalue weighted by molar-refractivity contribution is 0.0646. The number of fused-ring (bicyclic) bond motifs is 2. The van der Waals surface area contributed by atoms with Gasteiger partial charge in [-0.3, -0.25) is 10.2 Å². The van der Waals surface area contributed by atoms with Gasteiger partial charge in [-0.2, -0.15) is 28.2 Å². The van der Waals surface area contributed by atoms with Crippen LogP contribution in [0.3, 0.4) is 0 Å². The number of hydrogen-bond acceptors (Lipinski definition) is 8. The third-order valence-electron chi connectivity index (χ3n) is 3.56. The van der Waals surface area contributed by atoms with Crippen LogP contribution in [0.25, 0.3) is 11.3 Å². The van der Waals surface area contributed by atoms with Crippen LogP contribution in [0.4, 0.5) is 8.78 Å². The number of hydrogen-bond donors (Lipinski definition) is 2. The van der Waals surface area contributed by atoms with Crippen LogP contribution in [-0.4, -0.2) is 52.9 Å². The van der Waals surface area contributed by atoms with E-state index in [2.05, 4.69) is 30.1 Å². The van der Waals surface area contributed by atoms with Gasteiger partial charge in [-0.05, 0) is 24.4 Å². The molecule has 4 aromatic heterocycles. The van der Waals surface area contributed by atoms with Crippen LogP contribution in [-0.2, 0) is 4.74 Å². The van der Waals surface area contributed by atoms with Gasteiger partial charge in [-0.1, -0.05) is 0 Å². The fourth-order valence-electron chi connectivity index (χ4n) is 2.48. The van der Waals surface area contributed by atoms with E-state index in [1.807, 2.05) is 0 Å². The van der Waals surface area contributed by atoms with Crippen molar-refractivity contribution in [2.45, 2.75) is 6.10 Å². The molecule has 0 aliphatic rings. The Labute approximate surface area is 158 Å². The summed E-state index contributed by atoms with van der Waals surface area (Å²) in [5.41, 5.74) is 0.118. The zero-order valence-electron chi connectivity index (χ0n) is 13.5. The van der Waals surface area contributed by atoms with Crippen molar-refractivity contribution < 1.29 is 18.3 Å². The Hall–Kier alpha value is -2.84. The van der Waals surface area contributed by atoms with Crippen molar-refractivity contribution in [3.63, 3.8) is 0 Å². The summed E-state index contributed by atoms with van der Waals surface area (Å²) >= 11 is 9.90. The number of H-pyrrole nitrogens is 2. The van der Waals surface area contributed by atoms with E-state index in [0.717, 1.165) is 4.52 Å². The van der Waals surface area contributed by atoms with E-state index in [4.69, 9.17) is 33.9 Å². The van der Waals surface area contributed by atoms with Crippen molar-refractivity contribution in [3.8, 4) is 6.01 Å². The number of rotatable bonds is 5. The maximum Gasteiger partial charge on any atom is 0.321 e. The lowest BCUT2D eigenvalue weighted by Gasteiger charge is -2.18. The molecule has 1 atom stereocenters. The first kappa shape index (κ1) is 17.6. The van der Waals surface area contributed by atoms with Crippen LogP contribution in [0.2, 0.25) is 0 Å². The summed E-state index contributed by atoms with van der Waals surface area (Å²) in [5.74, 6) is -2.30. The van der Waals surface area contributed by atoms with Crippen LogP contribution < -0.4 is 4.74 Å². The zero-order valence-corrected chi connectivity index (χ0v) is 15.1. The number of methoxy groups -OCH3 is 1. The molecule has 4 heterocycles. The molecule has 2 N–H and O–H groups in total. The molecule has 10 nitrogen and oxygen atoms in total. The Morgan fingerprint density at radius 1 is 1.15 bits per heavy atom. The Balaban J connectivity index is 1.85. The minimum atomic E-state index is -1.38. The Morgan fingerprint density at radius 3 is 2.67 bits per heavy atom. The minimum absolute atomic E-state index is 0.0164. The number of halogens is 2. The van der Waals surface area contributed by atoms with Crippen molar-refractivity contribution in [3.05, 3.63) is 39.4 Å². The van der Waals surface area contributed by atoms with E-state index in [0.29, 0.717) is 11.5 Å². The summed E-state index contributed by atoms with van der Waals surface area (Å²) in [7, 11) is 1.45. The van der Waals surface area contributed by atoms with Gasteiger partial charge in [0.15, 0.2) is 23.2 Å². The molecule has 4 rings (SSSR count). The lowest BCUT2D eigenvalue weighted by Crippen LogP contribution is -2.21. The molecule has 0 spiro atoms. The van der Waals surface area contributed by atoms with Gasteiger partial charge >= 0.3 is 6.01 Å². The van der Waals surface area contributed by atoms with Gasteiger partial charge in [0.05, 0.1) is 6.61 Å². The highest BCUT2D eigenvalue weighted by atomic mass is 32.1. The highest BCUT2D eigenvalue weighted by Gasteiger charge is 2.24. The van der Waals surface area contributed by atoms with E-state index >= 15 is 0 Å².